The van der Waals surface area contributed by atoms with E-state index < -0.39 is 0 Å². The summed E-state index contributed by atoms with van der Waals surface area (Å²) >= 11 is 0. The molecule has 7 nitrogen and oxygen atoms in total. The van der Waals surface area contributed by atoms with E-state index in [2.05, 4.69) is 72.8 Å². The molecule has 0 aromatic carbocycles. The van der Waals surface area contributed by atoms with Crippen LogP contribution in [0, 0.1) is 38.7 Å². The molecule has 3 aliphatic heterocycles. The summed E-state index contributed by atoms with van der Waals surface area (Å²) in [5.74, 6) is 1.45. The van der Waals surface area contributed by atoms with Crippen LogP contribution in [-0.4, -0.2) is 34.1 Å². The Morgan fingerprint density at radius 3 is 1.57 bits per heavy atom. The number of rotatable bonds is 0. The topological polar surface area (TPSA) is 115 Å². The van der Waals surface area contributed by atoms with Crippen molar-refractivity contribution in [3.63, 3.8) is 0 Å². The standard InChI is InChI=1S/C16H25N2P.5CO.W/c1-11-12(2)15(4)16(5)14(11,3)13(17-19(15)16)18-9-7-6-8-10-18;5*1-2;/h6-10H2,1-5H3;;;;;;. The van der Waals surface area contributed by atoms with E-state index in [1.54, 1.807) is 11.1 Å². The Hall–Kier alpha value is -0.972. The van der Waals surface area contributed by atoms with Crippen molar-refractivity contribution < 1.29 is 44.3 Å². The Kier molecular flexibility index (Phi) is 15.9. The number of nitrogens with zero attached hydrogens (tertiary/aromatic N) is 2. The minimum absolute atomic E-state index is 0. The van der Waals surface area contributed by atoms with E-state index in [0.717, 1.165) is 0 Å². The Balaban J connectivity index is -0.000000588. The second-order valence-electron chi connectivity index (χ2n) is 7.30. The number of amidine groups is 1. The van der Waals surface area contributed by atoms with E-state index >= 15 is 0 Å². The summed E-state index contributed by atoms with van der Waals surface area (Å²) in [5, 5.41) is 0.844. The average molecular weight is 600 g/mol. The number of piperidine rings is 1. The van der Waals surface area contributed by atoms with Gasteiger partial charge in [-0.05, 0) is 47.0 Å². The van der Waals surface area contributed by atoms with Crippen molar-refractivity contribution in [3.8, 4) is 0 Å². The molecule has 4 rings (SSSR count). The minimum atomic E-state index is -0.166. The van der Waals surface area contributed by atoms with Gasteiger partial charge in [-0.1, -0.05) is 18.1 Å². The molecule has 160 valence electrons. The molecule has 0 saturated carbocycles. The number of allylic oxidation sites excluding steroid dienone is 1. The molecule has 0 aromatic rings. The van der Waals surface area contributed by atoms with Crippen LogP contribution in [0.1, 0.15) is 53.9 Å². The number of hydrogen-bond acceptors (Lipinski definition) is 2. The zero-order chi connectivity index (χ0) is 23.6. The van der Waals surface area contributed by atoms with Gasteiger partial charge >= 0.3 is 56.5 Å². The summed E-state index contributed by atoms with van der Waals surface area (Å²) in [6.07, 6.45) is 4.10. The molecule has 0 spiro atoms. The summed E-state index contributed by atoms with van der Waals surface area (Å²) in [4.78, 5) is 2.62. The van der Waals surface area contributed by atoms with Crippen molar-refractivity contribution in [3.05, 3.63) is 44.4 Å². The third kappa shape index (κ3) is 4.33. The smallest absolute Gasteiger partial charge is 0 e. The Morgan fingerprint density at radius 2 is 1.17 bits per heavy atom. The van der Waals surface area contributed by atoms with Crippen LogP contribution in [0.25, 0.3) is 0 Å². The van der Waals surface area contributed by atoms with Gasteiger partial charge < -0.3 is 4.90 Å². The van der Waals surface area contributed by atoms with Crippen LogP contribution >= 0.6 is 8.07 Å². The van der Waals surface area contributed by atoms with E-state index in [1.807, 2.05) is 0 Å². The zero-order valence-electron chi connectivity index (χ0n) is 17.8. The van der Waals surface area contributed by atoms with Crippen LogP contribution in [-0.2, 0) is 44.3 Å². The van der Waals surface area contributed by atoms with Crippen LogP contribution in [0.15, 0.2) is 15.9 Å². The van der Waals surface area contributed by atoms with Gasteiger partial charge in [0.1, 0.15) is 5.84 Å². The van der Waals surface area contributed by atoms with Gasteiger partial charge in [0.2, 0.25) is 0 Å². The van der Waals surface area contributed by atoms with Crippen molar-refractivity contribution in [2.75, 3.05) is 13.1 Å². The molecule has 0 amide bonds. The van der Waals surface area contributed by atoms with Crippen molar-refractivity contribution >= 4 is 13.9 Å². The van der Waals surface area contributed by atoms with E-state index in [0.29, 0.717) is 10.3 Å². The van der Waals surface area contributed by atoms with Crippen molar-refractivity contribution in [1.29, 1.82) is 0 Å². The van der Waals surface area contributed by atoms with Gasteiger partial charge in [-0.15, -0.1) is 0 Å². The molecule has 30 heavy (non-hydrogen) atoms. The Morgan fingerprint density at radius 1 is 0.767 bits per heavy atom. The maximum atomic E-state index is 7.50. The van der Waals surface area contributed by atoms with Crippen molar-refractivity contribution in [1.82, 2.24) is 4.90 Å². The predicted molar refractivity (Wildman–Crippen MR) is 103 cm³/mol. The van der Waals surface area contributed by atoms with Gasteiger partial charge in [0, 0.05) is 52.5 Å². The first kappa shape index (κ1) is 33.7. The molecule has 1 aliphatic carbocycles. The van der Waals surface area contributed by atoms with E-state index in [1.165, 1.54) is 38.2 Å². The van der Waals surface area contributed by atoms with Crippen LogP contribution in [0.2, 0.25) is 0 Å². The monoisotopic (exact) mass is 600 g/mol. The molecule has 3 heterocycles. The van der Waals surface area contributed by atoms with Crippen molar-refractivity contribution in [2.24, 2.45) is 10.2 Å². The first-order valence-electron chi connectivity index (χ1n) is 8.75. The number of likely N-dealkylation sites (tertiary alicyclic amines) is 1. The largest absolute Gasteiger partial charge is 0 e. The van der Waals surface area contributed by atoms with Crippen LogP contribution in [0.5, 0.6) is 0 Å². The van der Waals surface area contributed by atoms with Gasteiger partial charge in [0.15, 0.2) is 0 Å². The van der Waals surface area contributed by atoms with Gasteiger partial charge in [0.05, 0.1) is 5.41 Å². The number of hydrogen-bond donors (Lipinski definition) is 0. The van der Waals surface area contributed by atoms with Crippen LogP contribution in [0.3, 0.4) is 0 Å². The summed E-state index contributed by atoms with van der Waals surface area (Å²) in [6.45, 7) is 37.2. The molecular weight excluding hydrogens is 575 g/mol. The van der Waals surface area contributed by atoms with E-state index in [9.17, 15) is 0 Å². The second-order valence-corrected chi connectivity index (χ2v) is 9.92. The molecule has 0 bridgehead atoms. The first-order valence-corrected chi connectivity index (χ1v) is 10.0. The van der Waals surface area contributed by atoms with Gasteiger partial charge in [-0.3, -0.25) is 0 Å². The van der Waals surface area contributed by atoms with Gasteiger partial charge in [-0.25, -0.2) is 4.76 Å². The fourth-order valence-electron chi connectivity index (χ4n) is 5.18. The molecule has 0 radical (unpaired) electrons. The molecule has 0 aromatic heterocycles. The average Bonchev–Trinajstić information content (AvgIpc) is 3.18. The summed E-state index contributed by atoms with van der Waals surface area (Å²) in [6, 6.07) is 0. The maximum Gasteiger partial charge on any atom is 0 e. The molecular formula is C21H25N2O5PW. The predicted octanol–water partition coefficient (Wildman–Crippen LogP) is 3.98. The maximum absolute atomic E-state index is 7.50. The number of fused-ring (bicyclic) bond motifs is 1. The third-order valence-corrected chi connectivity index (χ3v) is 10.6. The Labute approximate surface area is 194 Å². The summed E-state index contributed by atoms with van der Waals surface area (Å²) < 4.78 is 42.8. The van der Waals surface area contributed by atoms with Crippen molar-refractivity contribution in [2.45, 2.75) is 64.2 Å². The minimum Gasteiger partial charge on any atom is 0 e. The SMILES string of the molecule is CC1=C(C)C2(C)P3N=C(N4CCCCC4)C1(C)C32C.[C-]#[O+].[C-]#[O+].[C-]#[O+].[C-]#[O+].[C-]#[O+].[W]. The summed E-state index contributed by atoms with van der Waals surface area (Å²) in [5.41, 5.74) is 3.51. The Bertz CT molecular complexity index is 716. The molecule has 9 heteroatoms. The molecule has 4 unspecified atom stereocenters. The van der Waals surface area contributed by atoms with E-state index in [-0.39, 0.29) is 34.6 Å². The molecule has 4 atom stereocenters. The first-order chi connectivity index (χ1) is 13.9. The van der Waals surface area contributed by atoms with Crippen LogP contribution in [0.4, 0.5) is 0 Å². The zero-order valence-corrected chi connectivity index (χ0v) is 21.7. The van der Waals surface area contributed by atoms with E-state index in [4.69, 9.17) is 28.0 Å². The normalized spacial score (nSPS) is 33.0. The van der Waals surface area contributed by atoms with Crippen LogP contribution < -0.4 is 0 Å². The second kappa shape index (κ2) is 14.2. The molecule has 4 aliphatic rings. The quantitative estimate of drug-likeness (QED) is 0.178. The molecule has 2 fully saturated rings. The fraction of sp³-hybridized carbons (Fsp3) is 0.619. The van der Waals surface area contributed by atoms with Gasteiger partial charge in [-0.2, -0.15) is 0 Å². The molecule has 0 N–H and O–H groups in total. The fourth-order valence-corrected chi connectivity index (χ4v) is 8.99. The third-order valence-electron chi connectivity index (χ3n) is 7.06. The van der Waals surface area contributed by atoms with Gasteiger partial charge in [0.25, 0.3) is 0 Å². The summed E-state index contributed by atoms with van der Waals surface area (Å²) in [7, 11) is -0.166. The molecule has 2 saturated heterocycles.